The Morgan fingerprint density at radius 3 is 2.20 bits per heavy atom. The first-order valence-electron chi connectivity index (χ1n) is 14.8. The Hall–Kier alpha value is -4.05. The van der Waals surface area contributed by atoms with Crippen molar-refractivity contribution in [1.29, 1.82) is 0 Å². The lowest BCUT2D eigenvalue weighted by Gasteiger charge is -2.34. The fourth-order valence-corrected chi connectivity index (χ4v) is 6.75. The summed E-state index contributed by atoms with van der Waals surface area (Å²) in [6.07, 6.45) is 0.894. The van der Waals surface area contributed by atoms with Gasteiger partial charge in [-0.15, -0.1) is 0 Å². The summed E-state index contributed by atoms with van der Waals surface area (Å²) in [5.41, 5.74) is 2.61. The number of amides is 2. The fourth-order valence-electron chi connectivity index (χ4n) is 4.87. The molecule has 0 aliphatic carbocycles. The normalized spacial score (nSPS) is 11.8. The molecule has 0 heterocycles. The minimum absolute atomic E-state index is 0.0181. The number of nitrogens with zero attached hydrogens (tertiary/aromatic N) is 2. The molecule has 0 aromatic heterocycles. The Balaban J connectivity index is 1.81. The number of carbonyl (C=O) groups excluding carboxylic acids is 2. The third-order valence-electron chi connectivity index (χ3n) is 7.42. The molecule has 4 aromatic rings. The van der Waals surface area contributed by atoms with Gasteiger partial charge in [0, 0.05) is 29.6 Å². The van der Waals surface area contributed by atoms with Gasteiger partial charge >= 0.3 is 0 Å². The topological polar surface area (TPSA) is 96.0 Å². The van der Waals surface area contributed by atoms with Crippen molar-refractivity contribution in [1.82, 2.24) is 10.2 Å². The molecule has 11 heteroatoms. The SMILES string of the molecule is CCCNC(=O)C(Cc1ccccc1)N(Cc1ccc(Cl)cc1Cl)C(=O)CN(c1ccc(C)cc1)S(=O)(=O)c1ccc(OC)cc1. The molecule has 0 bridgehead atoms. The van der Waals surface area contributed by atoms with Crippen LogP contribution in [0.1, 0.15) is 30.0 Å². The van der Waals surface area contributed by atoms with Crippen LogP contribution < -0.4 is 14.4 Å². The number of methoxy groups -OCH3 is 1. The van der Waals surface area contributed by atoms with Crippen LogP contribution in [-0.2, 0) is 32.6 Å². The van der Waals surface area contributed by atoms with Crippen LogP contribution in [-0.4, -0.2) is 51.4 Å². The van der Waals surface area contributed by atoms with Crippen LogP contribution in [0.3, 0.4) is 0 Å². The van der Waals surface area contributed by atoms with E-state index in [1.54, 1.807) is 54.6 Å². The zero-order chi connectivity index (χ0) is 33.3. The Kier molecular flexibility index (Phi) is 12.1. The van der Waals surface area contributed by atoms with Crippen LogP contribution >= 0.6 is 23.2 Å². The van der Waals surface area contributed by atoms with E-state index in [0.29, 0.717) is 40.0 Å². The van der Waals surface area contributed by atoms with Gasteiger partial charge in [-0.1, -0.05) is 84.2 Å². The lowest BCUT2D eigenvalue weighted by molar-refractivity contribution is -0.140. The van der Waals surface area contributed by atoms with Gasteiger partial charge in [0.25, 0.3) is 10.0 Å². The van der Waals surface area contributed by atoms with E-state index in [1.165, 1.54) is 24.1 Å². The number of benzene rings is 4. The van der Waals surface area contributed by atoms with Crippen molar-refractivity contribution in [3.05, 3.63) is 124 Å². The molecule has 4 aromatic carbocycles. The first kappa shape index (κ1) is 34.8. The van der Waals surface area contributed by atoms with Crippen molar-refractivity contribution in [2.45, 2.75) is 44.2 Å². The molecule has 46 heavy (non-hydrogen) atoms. The number of halogens is 2. The average molecular weight is 683 g/mol. The highest BCUT2D eigenvalue weighted by Crippen LogP contribution is 2.28. The van der Waals surface area contributed by atoms with Gasteiger partial charge in [-0.05, 0) is 73.0 Å². The Labute approximate surface area is 280 Å². The molecule has 1 atom stereocenters. The molecule has 4 rings (SSSR count). The maximum absolute atomic E-state index is 14.5. The Morgan fingerprint density at radius 2 is 1.59 bits per heavy atom. The zero-order valence-electron chi connectivity index (χ0n) is 26.0. The summed E-state index contributed by atoms with van der Waals surface area (Å²) in [7, 11) is -2.75. The average Bonchev–Trinajstić information content (AvgIpc) is 3.05. The number of rotatable bonds is 14. The lowest BCUT2D eigenvalue weighted by atomic mass is 10.0. The van der Waals surface area contributed by atoms with E-state index in [0.717, 1.165) is 15.4 Å². The van der Waals surface area contributed by atoms with Crippen LogP contribution in [0, 0.1) is 6.92 Å². The van der Waals surface area contributed by atoms with Gasteiger partial charge in [-0.25, -0.2) is 8.42 Å². The summed E-state index contributed by atoms with van der Waals surface area (Å²) in [6, 6.07) is 26.1. The Bertz CT molecular complexity index is 1730. The quantitative estimate of drug-likeness (QED) is 0.160. The zero-order valence-corrected chi connectivity index (χ0v) is 28.3. The minimum atomic E-state index is -4.24. The lowest BCUT2D eigenvalue weighted by Crippen LogP contribution is -2.53. The first-order valence-corrected chi connectivity index (χ1v) is 17.0. The van der Waals surface area contributed by atoms with E-state index >= 15 is 0 Å². The molecule has 0 fully saturated rings. The second kappa shape index (κ2) is 16.0. The van der Waals surface area contributed by atoms with E-state index in [1.807, 2.05) is 44.2 Å². The molecule has 2 amide bonds. The van der Waals surface area contributed by atoms with Crippen molar-refractivity contribution >= 4 is 50.7 Å². The largest absolute Gasteiger partial charge is 0.497 e. The highest BCUT2D eigenvalue weighted by molar-refractivity contribution is 7.92. The van der Waals surface area contributed by atoms with Crippen LogP contribution in [0.5, 0.6) is 5.75 Å². The van der Waals surface area contributed by atoms with Gasteiger partial charge in [0.05, 0.1) is 17.7 Å². The van der Waals surface area contributed by atoms with Gasteiger partial charge in [-0.2, -0.15) is 0 Å². The summed E-state index contributed by atoms with van der Waals surface area (Å²) in [6.45, 7) is 3.60. The second-order valence-corrected chi connectivity index (χ2v) is 13.5. The number of anilines is 1. The predicted octanol–water partition coefficient (Wildman–Crippen LogP) is 6.67. The summed E-state index contributed by atoms with van der Waals surface area (Å²) in [4.78, 5) is 29.6. The van der Waals surface area contributed by atoms with Gasteiger partial charge in [0.2, 0.25) is 11.8 Å². The molecular weight excluding hydrogens is 645 g/mol. The number of sulfonamides is 1. The van der Waals surface area contributed by atoms with Gasteiger partial charge in [-0.3, -0.25) is 13.9 Å². The van der Waals surface area contributed by atoms with E-state index in [2.05, 4.69) is 5.32 Å². The van der Waals surface area contributed by atoms with Gasteiger partial charge in [0.1, 0.15) is 18.3 Å². The molecule has 0 saturated heterocycles. The highest BCUT2D eigenvalue weighted by Gasteiger charge is 2.35. The molecule has 0 aliphatic heterocycles. The van der Waals surface area contributed by atoms with Crippen molar-refractivity contribution in [2.75, 3.05) is 24.5 Å². The van der Waals surface area contributed by atoms with Gasteiger partial charge < -0.3 is 15.0 Å². The summed E-state index contributed by atoms with van der Waals surface area (Å²) < 4.78 is 34.6. The number of nitrogens with one attached hydrogen (secondary N) is 1. The molecule has 0 saturated carbocycles. The van der Waals surface area contributed by atoms with Crippen LogP contribution in [0.4, 0.5) is 5.69 Å². The molecule has 1 N–H and O–H groups in total. The van der Waals surface area contributed by atoms with Crippen molar-refractivity contribution in [2.24, 2.45) is 0 Å². The fraction of sp³-hybridized carbons (Fsp3) is 0.257. The van der Waals surface area contributed by atoms with E-state index in [-0.39, 0.29) is 23.8 Å². The summed E-state index contributed by atoms with van der Waals surface area (Å²) in [5.74, 6) is -0.454. The maximum atomic E-state index is 14.5. The minimum Gasteiger partial charge on any atom is -0.497 e. The Morgan fingerprint density at radius 1 is 0.913 bits per heavy atom. The number of ether oxygens (including phenoxy) is 1. The van der Waals surface area contributed by atoms with Crippen LogP contribution in [0.2, 0.25) is 10.0 Å². The highest BCUT2D eigenvalue weighted by atomic mass is 35.5. The van der Waals surface area contributed by atoms with Crippen LogP contribution in [0.25, 0.3) is 0 Å². The summed E-state index contributed by atoms with van der Waals surface area (Å²) in [5, 5.41) is 3.66. The number of aryl methyl sites for hydroxylation is 1. The second-order valence-electron chi connectivity index (χ2n) is 10.8. The number of hydrogen-bond acceptors (Lipinski definition) is 5. The van der Waals surface area contributed by atoms with E-state index in [4.69, 9.17) is 27.9 Å². The van der Waals surface area contributed by atoms with Crippen molar-refractivity contribution in [3.8, 4) is 5.75 Å². The maximum Gasteiger partial charge on any atom is 0.264 e. The molecule has 8 nitrogen and oxygen atoms in total. The first-order chi connectivity index (χ1) is 22.0. The molecule has 242 valence electrons. The monoisotopic (exact) mass is 681 g/mol. The predicted molar refractivity (Wildman–Crippen MR) is 183 cm³/mol. The number of carbonyl (C=O) groups is 2. The number of hydrogen-bond donors (Lipinski definition) is 1. The van der Waals surface area contributed by atoms with Crippen molar-refractivity contribution in [3.63, 3.8) is 0 Å². The third kappa shape index (κ3) is 8.81. The smallest absolute Gasteiger partial charge is 0.264 e. The molecule has 1 unspecified atom stereocenters. The van der Waals surface area contributed by atoms with E-state index in [9.17, 15) is 18.0 Å². The standard InChI is InChI=1S/C35H37Cl2N3O5S/c1-4-20-38-35(42)33(21-26-8-6-5-7-9-26)39(23-27-12-13-28(36)22-32(27)37)34(41)24-40(29-14-10-25(2)11-15-29)46(43,44)31-18-16-30(45-3)17-19-31/h5-19,22,33H,4,20-21,23-24H2,1-3H3,(H,38,42). The van der Waals surface area contributed by atoms with Crippen molar-refractivity contribution < 1.29 is 22.7 Å². The summed E-state index contributed by atoms with van der Waals surface area (Å²) >= 11 is 12.7. The van der Waals surface area contributed by atoms with Crippen LogP contribution in [0.15, 0.2) is 102 Å². The molecule has 0 radical (unpaired) electrons. The molecule has 0 spiro atoms. The third-order valence-corrected chi connectivity index (χ3v) is 9.80. The molecular formula is C35H37Cl2N3O5S. The van der Waals surface area contributed by atoms with Gasteiger partial charge in [0.15, 0.2) is 0 Å². The van der Waals surface area contributed by atoms with E-state index < -0.39 is 28.5 Å². The molecule has 0 aliphatic rings.